The zero-order valence-corrected chi connectivity index (χ0v) is 10.4. The molecular formula is C13H18FNO2. The van der Waals surface area contributed by atoms with Gasteiger partial charge in [-0.05, 0) is 44.9 Å². The summed E-state index contributed by atoms with van der Waals surface area (Å²) in [6.45, 7) is 5.56. The number of aryl methyl sites for hydroxylation is 1. The second-order valence-corrected chi connectivity index (χ2v) is 4.87. The number of carbonyl (C=O) groups is 1. The number of halogens is 1. The van der Waals surface area contributed by atoms with Gasteiger partial charge in [0.2, 0.25) is 5.91 Å². The van der Waals surface area contributed by atoms with Gasteiger partial charge in [0.1, 0.15) is 5.82 Å². The van der Waals surface area contributed by atoms with Crippen molar-refractivity contribution in [1.29, 1.82) is 0 Å². The molecule has 94 valence electrons. The first-order valence-electron chi connectivity index (χ1n) is 5.58. The molecule has 0 aliphatic heterocycles. The molecule has 1 N–H and O–H groups in total. The summed E-state index contributed by atoms with van der Waals surface area (Å²) in [7, 11) is 0. The highest BCUT2D eigenvalue weighted by Crippen LogP contribution is 2.07. The molecule has 0 saturated heterocycles. The van der Waals surface area contributed by atoms with Crippen LogP contribution in [-0.2, 0) is 16.1 Å². The highest BCUT2D eigenvalue weighted by atomic mass is 19.1. The lowest BCUT2D eigenvalue weighted by Crippen LogP contribution is -2.33. The van der Waals surface area contributed by atoms with E-state index < -0.39 is 5.60 Å². The number of nitrogens with one attached hydrogen (secondary N) is 1. The van der Waals surface area contributed by atoms with Gasteiger partial charge in [-0.25, -0.2) is 9.87 Å². The van der Waals surface area contributed by atoms with Gasteiger partial charge in [0.05, 0.1) is 5.60 Å². The molecule has 0 radical (unpaired) electrons. The molecule has 0 heterocycles. The Bertz CT molecular complexity index is 368. The average Bonchev–Trinajstić information content (AvgIpc) is 2.25. The SMILES string of the molecule is CC(C)(C)ONC(=O)CCc1ccc(F)cc1. The highest BCUT2D eigenvalue weighted by Gasteiger charge is 2.12. The van der Waals surface area contributed by atoms with Gasteiger partial charge in [0.15, 0.2) is 0 Å². The van der Waals surface area contributed by atoms with Crippen LogP contribution in [0.5, 0.6) is 0 Å². The van der Waals surface area contributed by atoms with E-state index in [0.717, 1.165) is 5.56 Å². The van der Waals surface area contributed by atoms with Crippen LogP contribution in [0, 0.1) is 5.82 Å². The van der Waals surface area contributed by atoms with Gasteiger partial charge in [0, 0.05) is 6.42 Å². The van der Waals surface area contributed by atoms with Gasteiger partial charge >= 0.3 is 0 Å². The summed E-state index contributed by atoms with van der Waals surface area (Å²) in [5.74, 6) is -0.446. The number of hydrogen-bond donors (Lipinski definition) is 1. The smallest absolute Gasteiger partial charge is 0.243 e. The van der Waals surface area contributed by atoms with Gasteiger partial charge in [0.25, 0.3) is 0 Å². The fourth-order valence-electron chi connectivity index (χ4n) is 1.17. The molecule has 0 fully saturated rings. The minimum Gasteiger partial charge on any atom is -0.273 e. The standard InChI is InChI=1S/C13H18FNO2/c1-13(2,3)17-15-12(16)9-6-10-4-7-11(14)8-5-10/h4-5,7-8H,6,9H2,1-3H3,(H,15,16). The monoisotopic (exact) mass is 239 g/mol. The molecule has 0 spiro atoms. The first-order chi connectivity index (χ1) is 7.87. The van der Waals surface area contributed by atoms with Crippen LogP contribution in [-0.4, -0.2) is 11.5 Å². The molecule has 0 atom stereocenters. The number of hydrogen-bond acceptors (Lipinski definition) is 2. The second kappa shape index (κ2) is 5.77. The maximum Gasteiger partial charge on any atom is 0.243 e. The molecule has 1 amide bonds. The molecule has 17 heavy (non-hydrogen) atoms. The van der Waals surface area contributed by atoms with E-state index in [2.05, 4.69) is 5.48 Å². The van der Waals surface area contributed by atoms with Crippen LogP contribution in [0.15, 0.2) is 24.3 Å². The molecule has 4 heteroatoms. The van der Waals surface area contributed by atoms with Crippen molar-refractivity contribution in [3.63, 3.8) is 0 Å². The lowest BCUT2D eigenvalue weighted by molar-refractivity contribution is -0.145. The van der Waals surface area contributed by atoms with Crippen molar-refractivity contribution in [1.82, 2.24) is 5.48 Å². The predicted molar refractivity (Wildman–Crippen MR) is 63.7 cm³/mol. The van der Waals surface area contributed by atoms with Crippen LogP contribution in [0.2, 0.25) is 0 Å². The Morgan fingerprint density at radius 3 is 2.41 bits per heavy atom. The molecular weight excluding hydrogens is 221 g/mol. The zero-order chi connectivity index (χ0) is 12.9. The third-order valence-electron chi connectivity index (χ3n) is 2.03. The fourth-order valence-corrected chi connectivity index (χ4v) is 1.17. The summed E-state index contributed by atoms with van der Waals surface area (Å²) in [5.41, 5.74) is 2.92. The summed E-state index contributed by atoms with van der Waals surface area (Å²) in [6, 6.07) is 6.12. The Kier molecular flexibility index (Phi) is 4.63. The maximum absolute atomic E-state index is 12.6. The van der Waals surface area contributed by atoms with E-state index in [-0.39, 0.29) is 11.7 Å². The van der Waals surface area contributed by atoms with E-state index in [4.69, 9.17) is 4.84 Å². The van der Waals surface area contributed by atoms with Crippen molar-refractivity contribution in [2.75, 3.05) is 0 Å². The third-order valence-corrected chi connectivity index (χ3v) is 2.03. The average molecular weight is 239 g/mol. The quantitative estimate of drug-likeness (QED) is 0.820. The van der Waals surface area contributed by atoms with Crippen molar-refractivity contribution < 1.29 is 14.0 Å². The van der Waals surface area contributed by atoms with E-state index in [9.17, 15) is 9.18 Å². The Morgan fingerprint density at radius 1 is 1.29 bits per heavy atom. The van der Waals surface area contributed by atoms with E-state index >= 15 is 0 Å². The largest absolute Gasteiger partial charge is 0.273 e. The Labute approximate surface area is 101 Å². The Hall–Kier alpha value is -1.42. The van der Waals surface area contributed by atoms with Gasteiger partial charge in [-0.3, -0.25) is 9.63 Å². The summed E-state index contributed by atoms with van der Waals surface area (Å²) < 4.78 is 12.6. The molecule has 0 unspecified atom stereocenters. The number of rotatable bonds is 4. The topological polar surface area (TPSA) is 38.3 Å². The predicted octanol–water partition coefficient (Wildman–Crippen LogP) is 2.60. The van der Waals surface area contributed by atoms with E-state index in [1.807, 2.05) is 20.8 Å². The molecule has 0 aromatic heterocycles. The minimum absolute atomic E-state index is 0.177. The summed E-state index contributed by atoms with van der Waals surface area (Å²) in [6.07, 6.45) is 0.890. The lowest BCUT2D eigenvalue weighted by Gasteiger charge is -2.18. The molecule has 1 rings (SSSR count). The lowest BCUT2D eigenvalue weighted by atomic mass is 10.1. The van der Waals surface area contributed by atoms with Crippen LogP contribution in [0.25, 0.3) is 0 Å². The second-order valence-electron chi connectivity index (χ2n) is 4.87. The highest BCUT2D eigenvalue weighted by molar-refractivity contribution is 5.75. The number of carbonyl (C=O) groups excluding carboxylic acids is 1. The van der Waals surface area contributed by atoms with E-state index in [1.54, 1.807) is 12.1 Å². The van der Waals surface area contributed by atoms with Gasteiger partial charge in [-0.2, -0.15) is 0 Å². The molecule has 0 bridgehead atoms. The maximum atomic E-state index is 12.6. The van der Waals surface area contributed by atoms with Crippen molar-refractivity contribution in [2.24, 2.45) is 0 Å². The third kappa shape index (κ3) is 6.02. The Balaban J connectivity index is 2.31. The minimum atomic E-state index is -0.397. The van der Waals surface area contributed by atoms with Crippen molar-refractivity contribution in [3.05, 3.63) is 35.6 Å². The van der Waals surface area contributed by atoms with Crippen LogP contribution in [0.1, 0.15) is 32.8 Å². The number of amides is 1. The van der Waals surface area contributed by atoms with E-state index in [1.165, 1.54) is 12.1 Å². The molecule has 1 aromatic carbocycles. The van der Waals surface area contributed by atoms with Gasteiger partial charge in [-0.15, -0.1) is 0 Å². The molecule has 0 aliphatic carbocycles. The summed E-state index contributed by atoms with van der Waals surface area (Å²) in [4.78, 5) is 16.6. The van der Waals surface area contributed by atoms with Crippen molar-refractivity contribution in [2.45, 2.75) is 39.2 Å². The number of benzene rings is 1. The summed E-state index contributed by atoms with van der Waals surface area (Å²) in [5, 5.41) is 0. The van der Waals surface area contributed by atoms with Gasteiger partial charge < -0.3 is 0 Å². The molecule has 3 nitrogen and oxygen atoms in total. The summed E-state index contributed by atoms with van der Waals surface area (Å²) >= 11 is 0. The van der Waals surface area contributed by atoms with Crippen LogP contribution >= 0.6 is 0 Å². The number of hydroxylamine groups is 1. The zero-order valence-electron chi connectivity index (χ0n) is 10.4. The fraction of sp³-hybridized carbons (Fsp3) is 0.462. The Morgan fingerprint density at radius 2 is 1.88 bits per heavy atom. The molecule has 0 aliphatic rings. The first-order valence-corrected chi connectivity index (χ1v) is 5.58. The normalized spacial score (nSPS) is 11.3. The van der Waals surface area contributed by atoms with Gasteiger partial charge in [-0.1, -0.05) is 12.1 Å². The van der Waals surface area contributed by atoms with Crippen LogP contribution in [0.3, 0.4) is 0 Å². The van der Waals surface area contributed by atoms with Crippen molar-refractivity contribution >= 4 is 5.91 Å². The molecule has 1 aromatic rings. The van der Waals surface area contributed by atoms with Crippen LogP contribution < -0.4 is 5.48 Å². The first kappa shape index (κ1) is 13.6. The van der Waals surface area contributed by atoms with Crippen molar-refractivity contribution in [3.8, 4) is 0 Å². The van der Waals surface area contributed by atoms with E-state index in [0.29, 0.717) is 12.8 Å². The van der Waals surface area contributed by atoms with Crippen LogP contribution in [0.4, 0.5) is 4.39 Å². The molecule has 0 saturated carbocycles.